The van der Waals surface area contributed by atoms with Crippen LogP contribution in [-0.4, -0.2) is 38.8 Å². The van der Waals surface area contributed by atoms with Crippen LogP contribution >= 0.6 is 23.4 Å². The van der Waals surface area contributed by atoms with E-state index in [4.69, 9.17) is 17.3 Å². The number of hydrogen-bond donors (Lipinski definition) is 1. The van der Waals surface area contributed by atoms with Crippen molar-refractivity contribution in [3.63, 3.8) is 0 Å². The third kappa shape index (κ3) is 4.77. The molecule has 1 aliphatic rings. The number of alkyl halides is 3. The van der Waals surface area contributed by atoms with Gasteiger partial charge in [0.15, 0.2) is 0 Å². The van der Waals surface area contributed by atoms with Crippen LogP contribution in [0.2, 0.25) is 5.15 Å². The number of anilines is 1. The molecule has 1 aromatic heterocycles. The van der Waals surface area contributed by atoms with Crippen molar-refractivity contribution in [3.8, 4) is 0 Å². The summed E-state index contributed by atoms with van der Waals surface area (Å²) in [6.07, 6.45) is 0. The number of nitrogens with zero attached hydrogens (tertiary/aromatic N) is 3. The van der Waals surface area contributed by atoms with Gasteiger partial charge in [-0.2, -0.15) is 13.2 Å². The number of imide groups is 1. The number of aromatic nitrogens is 1. The van der Waals surface area contributed by atoms with Gasteiger partial charge < -0.3 is 10.6 Å². The number of carbonyl (C=O) groups is 3. The Morgan fingerprint density at radius 1 is 1.19 bits per heavy atom. The first-order valence-electron chi connectivity index (χ1n) is 8.78. The van der Waals surface area contributed by atoms with E-state index in [1.54, 1.807) is 13.8 Å². The van der Waals surface area contributed by atoms with Crippen LogP contribution in [0.3, 0.4) is 0 Å². The van der Waals surface area contributed by atoms with E-state index in [9.17, 15) is 27.6 Å². The van der Waals surface area contributed by atoms with Crippen LogP contribution in [0.4, 0.5) is 23.7 Å². The molecule has 31 heavy (non-hydrogen) atoms. The van der Waals surface area contributed by atoms with Crippen molar-refractivity contribution in [2.24, 2.45) is 5.73 Å². The number of carbonyl (C=O) groups excluding carboxylic acids is 3. The van der Waals surface area contributed by atoms with Crippen LogP contribution in [0.1, 0.15) is 29.9 Å². The van der Waals surface area contributed by atoms with E-state index < -0.39 is 28.9 Å². The van der Waals surface area contributed by atoms with Crippen molar-refractivity contribution in [2.75, 3.05) is 4.90 Å². The molecule has 3 rings (SSSR count). The number of primary amides is 1. The molecule has 0 bridgehead atoms. The molecule has 0 atom stereocenters. The molecular formula is C19H16ClF3N4O3S. The third-order valence-corrected chi connectivity index (χ3v) is 5.53. The molecular weight excluding hydrogens is 457 g/mol. The van der Waals surface area contributed by atoms with Crippen LogP contribution in [-0.2, 0) is 11.3 Å². The van der Waals surface area contributed by atoms with Crippen LogP contribution in [0.5, 0.6) is 0 Å². The average molecular weight is 473 g/mol. The molecule has 1 saturated heterocycles. The second kappa shape index (κ2) is 8.04. The average Bonchev–Trinajstić information content (AvgIpc) is 2.81. The predicted molar refractivity (Wildman–Crippen MR) is 109 cm³/mol. The minimum absolute atomic E-state index is 0.00307. The van der Waals surface area contributed by atoms with Crippen LogP contribution in [0.25, 0.3) is 0 Å². The Bertz CT molecular complexity index is 1060. The molecule has 2 heterocycles. The van der Waals surface area contributed by atoms with E-state index >= 15 is 0 Å². The molecule has 1 aliphatic heterocycles. The van der Waals surface area contributed by atoms with Gasteiger partial charge >= 0.3 is 11.5 Å². The molecule has 4 amide bonds. The van der Waals surface area contributed by atoms with Gasteiger partial charge in [-0.15, -0.1) is 0 Å². The molecule has 7 nitrogen and oxygen atoms in total. The standard InChI is InChI=1S/C19H16ClF3N4O3S/c1-18(2)16(29)27(11-3-5-12(6-4-11)31-19(21,22)23)17(30)26(18)9-10-7-13(15(24)28)25-14(20)8-10/h3-8H,9H2,1-2H3,(H2,24,28). The summed E-state index contributed by atoms with van der Waals surface area (Å²) in [5.74, 6) is -1.35. The number of benzene rings is 1. The summed E-state index contributed by atoms with van der Waals surface area (Å²) >= 11 is 5.62. The third-order valence-electron chi connectivity index (χ3n) is 4.60. The lowest BCUT2D eigenvalue weighted by atomic mass is 10.0. The summed E-state index contributed by atoms with van der Waals surface area (Å²) in [6.45, 7) is 3.01. The molecule has 12 heteroatoms. The van der Waals surface area contributed by atoms with Crippen LogP contribution < -0.4 is 10.6 Å². The van der Waals surface area contributed by atoms with Crippen molar-refractivity contribution in [2.45, 2.75) is 36.3 Å². The van der Waals surface area contributed by atoms with Crippen molar-refractivity contribution in [1.82, 2.24) is 9.88 Å². The van der Waals surface area contributed by atoms with Gasteiger partial charge in [-0.05, 0) is 67.6 Å². The number of urea groups is 1. The maximum atomic E-state index is 13.1. The summed E-state index contributed by atoms with van der Waals surface area (Å²) in [5.41, 5.74) is 0.00547. The van der Waals surface area contributed by atoms with Gasteiger partial charge in [0, 0.05) is 11.4 Å². The van der Waals surface area contributed by atoms with Crippen molar-refractivity contribution in [3.05, 3.63) is 52.8 Å². The van der Waals surface area contributed by atoms with Gasteiger partial charge in [-0.1, -0.05) is 11.6 Å². The molecule has 2 N–H and O–H groups in total. The fourth-order valence-electron chi connectivity index (χ4n) is 3.08. The molecule has 1 fully saturated rings. The zero-order valence-electron chi connectivity index (χ0n) is 16.2. The van der Waals surface area contributed by atoms with Gasteiger partial charge in [0.05, 0.1) is 5.69 Å². The summed E-state index contributed by atoms with van der Waals surface area (Å²) in [6, 6.07) is 7.06. The van der Waals surface area contributed by atoms with E-state index in [-0.39, 0.29) is 39.7 Å². The quantitative estimate of drug-likeness (QED) is 0.400. The monoisotopic (exact) mass is 472 g/mol. The Balaban J connectivity index is 1.89. The summed E-state index contributed by atoms with van der Waals surface area (Å²) < 4.78 is 37.6. The van der Waals surface area contributed by atoms with E-state index in [2.05, 4.69) is 4.98 Å². The van der Waals surface area contributed by atoms with Gasteiger partial charge in [0.25, 0.3) is 11.8 Å². The van der Waals surface area contributed by atoms with Gasteiger partial charge in [0.2, 0.25) is 0 Å². The summed E-state index contributed by atoms with van der Waals surface area (Å²) in [4.78, 5) is 43.3. The lowest BCUT2D eigenvalue weighted by Crippen LogP contribution is -2.43. The predicted octanol–water partition coefficient (Wildman–Crippen LogP) is 4.19. The van der Waals surface area contributed by atoms with Crippen LogP contribution in [0, 0.1) is 0 Å². The minimum atomic E-state index is -4.45. The topological polar surface area (TPSA) is 96.6 Å². The zero-order chi connectivity index (χ0) is 23.1. The molecule has 0 aliphatic carbocycles. The highest BCUT2D eigenvalue weighted by Crippen LogP contribution is 2.39. The highest BCUT2D eigenvalue weighted by atomic mass is 35.5. The molecule has 2 aromatic rings. The van der Waals surface area contributed by atoms with Gasteiger partial charge in [-0.25, -0.2) is 14.7 Å². The number of thioether (sulfide) groups is 1. The van der Waals surface area contributed by atoms with E-state index in [1.165, 1.54) is 41.3 Å². The number of amides is 4. The molecule has 164 valence electrons. The van der Waals surface area contributed by atoms with E-state index in [0.717, 1.165) is 4.90 Å². The highest BCUT2D eigenvalue weighted by molar-refractivity contribution is 8.00. The second-order valence-electron chi connectivity index (χ2n) is 7.16. The van der Waals surface area contributed by atoms with Crippen molar-refractivity contribution in [1.29, 1.82) is 0 Å². The lowest BCUT2D eigenvalue weighted by Gasteiger charge is -2.27. The van der Waals surface area contributed by atoms with Crippen LogP contribution in [0.15, 0.2) is 41.3 Å². The maximum Gasteiger partial charge on any atom is 0.446 e. The summed E-state index contributed by atoms with van der Waals surface area (Å²) in [7, 11) is 0. The molecule has 0 spiro atoms. The number of nitrogens with two attached hydrogens (primary N) is 1. The largest absolute Gasteiger partial charge is 0.446 e. The Labute approximate surface area is 184 Å². The number of rotatable bonds is 5. The second-order valence-corrected chi connectivity index (χ2v) is 8.68. The fraction of sp³-hybridized carbons (Fsp3) is 0.263. The fourth-order valence-corrected chi connectivity index (χ4v) is 3.85. The first kappa shape index (κ1) is 22.9. The first-order chi connectivity index (χ1) is 14.3. The molecule has 1 aromatic carbocycles. The van der Waals surface area contributed by atoms with Gasteiger partial charge in [0.1, 0.15) is 16.4 Å². The molecule has 0 unspecified atom stereocenters. The number of halogens is 4. The molecule has 0 saturated carbocycles. The Morgan fingerprint density at radius 3 is 2.35 bits per heavy atom. The van der Waals surface area contributed by atoms with Crippen molar-refractivity contribution >= 4 is 46.9 Å². The number of hydrogen-bond acceptors (Lipinski definition) is 5. The van der Waals surface area contributed by atoms with E-state index in [1.807, 2.05) is 0 Å². The first-order valence-corrected chi connectivity index (χ1v) is 9.97. The Kier molecular flexibility index (Phi) is 5.94. The lowest BCUT2D eigenvalue weighted by molar-refractivity contribution is -0.123. The summed E-state index contributed by atoms with van der Waals surface area (Å²) in [5, 5.41) is -0.00307. The Morgan fingerprint density at radius 2 is 1.81 bits per heavy atom. The smallest absolute Gasteiger partial charge is 0.364 e. The van der Waals surface area contributed by atoms with E-state index in [0.29, 0.717) is 5.56 Å². The normalized spacial score (nSPS) is 16.2. The zero-order valence-corrected chi connectivity index (χ0v) is 17.8. The SMILES string of the molecule is CC1(C)C(=O)N(c2ccc(SC(F)(F)F)cc2)C(=O)N1Cc1cc(Cl)nc(C(N)=O)c1. The minimum Gasteiger partial charge on any atom is -0.364 e. The van der Waals surface area contributed by atoms with Crippen molar-refractivity contribution < 1.29 is 27.6 Å². The molecule has 0 radical (unpaired) electrons. The van der Waals surface area contributed by atoms with Gasteiger partial charge in [-0.3, -0.25) is 9.59 Å². The maximum absolute atomic E-state index is 13.1. The number of pyridine rings is 1. The highest BCUT2D eigenvalue weighted by Gasteiger charge is 2.51. The Hall–Kier alpha value is -2.79.